The van der Waals surface area contributed by atoms with E-state index >= 15 is 0 Å². The largest absolute Gasteiger partial charge is 0.350 e. The highest BCUT2D eigenvalue weighted by molar-refractivity contribution is 5.92. The van der Waals surface area contributed by atoms with Gasteiger partial charge < -0.3 is 10.6 Å². The van der Waals surface area contributed by atoms with Crippen LogP contribution in [0.3, 0.4) is 0 Å². The van der Waals surface area contributed by atoms with Gasteiger partial charge in [-0.3, -0.25) is 4.79 Å². The van der Waals surface area contributed by atoms with E-state index in [9.17, 15) is 9.18 Å². The SMILES string of the molecule is Cc1ccc(CNc2nccc(C(=O)NCCc3ccc(F)cc3)n2)cc1. The minimum Gasteiger partial charge on any atom is -0.350 e. The zero-order valence-electron chi connectivity index (χ0n) is 15.1. The van der Waals surface area contributed by atoms with Crippen molar-refractivity contribution < 1.29 is 9.18 Å². The van der Waals surface area contributed by atoms with E-state index in [0.717, 1.165) is 11.1 Å². The highest BCUT2D eigenvalue weighted by Crippen LogP contribution is 2.07. The topological polar surface area (TPSA) is 66.9 Å². The first-order chi connectivity index (χ1) is 13.1. The van der Waals surface area contributed by atoms with Crippen molar-refractivity contribution in [3.05, 3.63) is 89.0 Å². The van der Waals surface area contributed by atoms with Crippen LogP contribution in [-0.2, 0) is 13.0 Å². The molecule has 0 radical (unpaired) electrons. The van der Waals surface area contributed by atoms with Crippen LogP contribution in [0.5, 0.6) is 0 Å². The van der Waals surface area contributed by atoms with Crippen molar-refractivity contribution in [1.82, 2.24) is 15.3 Å². The van der Waals surface area contributed by atoms with Crippen molar-refractivity contribution in [3.63, 3.8) is 0 Å². The lowest BCUT2D eigenvalue weighted by Gasteiger charge is -2.08. The standard InChI is InChI=1S/C21H21FN4O/c1-15-2-4-17(5-3-15)14-25-21-24-13-11-19(26-21)20(27)23-12-10-16-6-8-18(22)9-7-16/h2-9,11,13H,10,12,14H2,1H3,(H,23,27)(H,24,25,26). The van der Waals surface area contributed by atoms with Crippen LogP contribution in [-0.4, -0.2) is 22.4 Å². The summed E-state index contributed by atoms with van der Waals surface area (Å²) in [5, 5.41) is 5.94. The van der Waals surface area contributed by atoms with Crippen LogP contribution < -0.4 is 10.6 Å². The third-order valence-electron chi connectivity index (χ3n) is 4.07. The van der Waals surface area contributed by atoms with E-state index in [1.807, 2.05) is 31.2 Å². The second-order valence-electron chi connectivity index (χ2n) is 6.24. The molecule has 0 unspecified atom stereocenters. The average molecular weight is 364 g/mol. The molecule has 0 atom stereocenters. The van der Waals surface area contributed by atoms with Crippen LogP contribution in [0.15, 0.2) is 60.8 Å². The number of anilines is 1. The Morgan fingerprint density at radius 2 is 1.70 bits per heavy atom. The zero-order valence-corrected chi connectivity index (χ0v) is 15.1. The molecule has 27 heavy (non-hydrogen) atoms. The van der Waals surface area contributed by atoms with E-state index < -0.39 is 0 Å². The Morgan fingerprint density at radius 3 is 2.44 bits per heavy atom. The molecule has 3 rings (SSSR count). The van der Waals surface area contributed by atoms with Crippen molar-refractivity contribution in [3.8, 4) is 0 Å². The fourth-order valence-corrected chi connectivity index (χ4v) is 2.52. The smallest absolute Gasteiger partial charge is 0.270 e. The van der Waals surface area contributed by atoms with E-state index in [4.69, 9.17) is 0 Å². The molecule has 138 valence electrons. The summed E-state index contributed by atoms with van der Waals surface area (Å²) in [6.07, 6.45) is 2.18. The molecular weight excluding hydrogens is 343 g/mol. The van der Waals surface area contributed by atoms with Gasteiger partial charge in [-0.05, 0) is 42.7 Å². The molecule has 0 aliphatic rings. The van der Waals surface area contributed by atoms with Gasteiger partial charge in [0, 0.05) is 19.3 Å². The van der Waals surface area contributed by atoms with E-state index in [0.29, 0.717) is 31.2 Å². The van der Waals surface area contributed by atoms with Crippen molar-refractivity contribution >= 4 is 11.9 Å². The van der Waals surface area contributed by atoms with E-state index in [1.165, 1.54) is 17.7 Å². The second-order valence-corrected chi connectivity index (χ2v) is 6.24. The van der Waals surface area contributed by atoms with Gasteiger partial charge in [0.05, 0.1) is 0 Å². The molecule has 6 heteroatoms. The molecule has 1 aromatic heterocycles. The minimum atomic E-state index is -0.269. The summed E-state index contributed by atoms with van der Waals surface area (Å²) >= 11 is 0. The molecule has 2 aromatic carbocycles. The fourth-order valence-electron chi connectivity index (χ4n) is 2.52. The number of hydrogen-bond acceptors (Lipinski definition) is 4. The van der Waals surface area contributed by atoms with Crippen molar-refractivity contribution in [2.75, 3.05) is 11.9 Å². The third kappa shape index (κ3) is 5.60. The number of amides is 1. The molecular formula is C21H21FN4O. The molecule has 2 N–H and O–H groups in total. The van der Waals surface area contributed by atoms with Gasteiger partial charge in [0.2, 0.25) is 5.95 Å². The maximum Gasteiger partial charge on any atom is 0.270 e. The normalized spacial score (nSPS) is 10.4. The lowest BCUT2D eigenvalue weighted by atomic mass is 10.1. The first-order valence-corrected chi connectivity index (χ1v) is 8.75. The summed E-state index contributed by atoms with van der Waals surface area (Å²) < 4.78 is 12.9. The van der Waals surface area contributed by atoms with Crippen LogP contribution >= 0.6 is 0 Å². The van der Waals surface area contributed by atoms with Gasteiger partial charge in [-0.15, -0.1) is 0 Å². The average Bonchev–Trinajstić information content (AvgIpc) is 2.69. The summed E-state index contributed by atoms with van der Waals surface area (Å²) in [5.41, 5.74) is 3.57. The van der Waals surface area contributed by atoms with Crippen molar-refractivity contribution in [1.29, 1.82) is 0 Å². The third-order valence-corrected chi connectivity index (χ3v) is 4.07. The molecule has 0 saturated heterocycles. The molecule has 3 aromatic rings. The first kappa shape index (κ1) is 18.5. The Bertz CT molecular complexity index is 895. The molecule has 0 saturated carbocycles. The summed E-state index contributed by atoms with van der Waals surface area (Å²) in [7, 11) is 0. The number of carbonyl (C=O) groups is 1. The first-order valence-electron chi connectivity index (χ1n) is 8.75. The number of aryl methyl sites for hydroxylation is 1. The summed E-state index contributed by atoms with van der Waals surface area (Å²) in [5.74, 6) is -0.130. The number of aromatic nitrogens is 2. The number of hydrogen-bond donors (Lipinski definition) is 2. The van der Waals surface area contributed by atoms with Gasteiger partial charge in [0.25, 0.3) is 5.91 Å². The minimum absolute atomic E-state index is 0.266. The predicted molar refractivity (Wildman–Crippen MR) is 103 cm³/mol. The highest BCUT2D eigenvalue weighted by Gasteiger charge is 2.08. The number of nitrogens with one attached hydrogen (secondary N) is 2. The molecule has 0 aliphatic carbocycles. The molecule has 0 fully saturated rings. The quantitative estimate of drug-likeness (QED) is 0.673. The van der Waals surface area contributed by atoms with Crippen molar-refractivity contribution in [2.45, 2.75) is 19.9 Å². The predicted octanol–water partition coefficient (Wildman–Crippen LogP) is 3.51. The lowest BCUT2D eigenvalue weighted by molar-refractivity contribution is 0.0949. The molecule has 0 spiro atoms. The number of carbonyl (C=O) groups excluding carboxylic acids is 1. The Labute approximate surface area is 157 Å². The summed E-state index contributed by atoms with van der Waals surface area (Å²) in [6.45, 7) is 3.06. The molecule has 1 amide bonds. The molecule has 0 aliphatic heterocycles. The van der Waals surface area contributed by atoms with E-state index in [1.54, 1.807) is 24.4 Å². The van der Waals surface area contributed by atoms with Gasteiger partial charge in [-0.2, -0.15) is 0 Å². The van der Waals surface area contributed by atoms with Crippen LogP contribution in [0.2, 0.25) is 0 Å². The highest BCUT2D eigenvalue weighted by atomic mass is 19.1. The van der Waals surface area contributed by atoms with Gasteiger partial charge in [-0.25, -0.2) is 14.4 Å². The number of rotatable bonds is 7. The van der Waals surface area contributed by atoms with Gasteiger partial charge in [0.15, 0.2) is 0 Å². The number of nitrogens with zero attached hydrogens (tertiary/aromatic N) is 2. The maximum atomic E-state index is 12.9. The van der Waals surface area contributed by atoms with E-state index in [-0.39, 0.29) is 11.7 Å². The number of benzene rings is 2. The monoisotopic (exact) mass is 364 g/mol. The van der Waals surface area contributed by atoms with Gasteiger partial charge in [0.1, 0.15) is 11.5 Å². The van der Waals surface area contributed by atoms with Crippen LogP contribution in [0.1, 0.15) is 27.2 Å². The Balaban J connectivity index is 1.51. The fraction of sp³-hybridized carbons (Fsp3) is 0.190. The molecule has 5 nitrogen and oxygen atoms in total. The molecule has 0 bridgehead atoms. The van der Waals surface area contributed by atoms with Crippen LogP contribution in [0.4, 0.5) is 10.3 Å². The Hall–Kier alpha value is -3.28. The van der Waals surface area contributed by atoms with Gasteiger partial charge in [-0.1, -0.05) is 42.0 Å². The van der Waals surface area contributed by atoms with Crippen LogP contribution in [0.25, 0.3) is 0 Å². The Kier molecular flexibility index (Phi) is 6.10. The molecule has 1 heterocycles. The summed E-state index contributed by atoms with van der Waals surface area (Å²) in [6, 6.07) is 16.0. The summed E-state index contributed by atoms with van der Waals surface area (Å²) in [4.78, 5) is 20.7. The second kappa shape index (κ2) is 8.89. The van der Waals surface area contributed by atoms with Crippen molar-refractivity contribution in [2.24, 2.45) is 0 Å². The Morgan fingerprint density at radius 1 is 1.00 bits per heavy atom. The number of halogens is 1. The van der Waals surface area contributed by atoms with Gasteiger partial charge >= 0.3 is 0 Å². The lowest BCUT2D eigenvalue weighted by Crippen LogP contribution is -2.26. The maximum absolute atomic E-state index is 12.9. The van der Waals surface area contributed by atoms with Crippen LogP contribution in [0, 0.1) is 12.7 Å². The van der Waals surface area contributed by atoms with E-state index in [2.05, 4.69) is 20.6 Å². The zero-order chi connectivity index (χ0) is 19.1.